The summed E-state index contributed by atoms with van der Waals surface area (Å²) in [4.78, 5) is 24.8. The molecule has 0 atom stereocenters. The molecule has 2 heterocycles. The molecule has 0 bridgehead atoms. The Morgan fingerprint density at radius 3 is 2.47 bits per heavy atom. The molecule has 32 heavy (non-hydrogen) atoms. The molecular weight excluding hydrogens is 446 g/mol. The first kappa shape index (κ1) is 22.7. The minimum absolute atomic E-state index is 0.00908. The fourth-order valence-corrected chi connectivity index (χ4v) is 6.63. The largest absolute Gasteiger partial charge is 0.326 e. The monoisotopic (exact) mass is 473 g/mol. The Morgan fingerprint density at radius 2 is 1.81 bits per heavy atom. The van der Waals surface area contributed by atoms with Crippen LogP contribution in [0.5, 0.6) is 0 Å². The summed E-state index contributed by atoms with van der Waals surface area (Å²) in [5, 5.41) is 2.94. The van der Waals surface area contributed by atoms with Gasteiger partial charge in [-0.1, -0.05) is 41.2 Å². The fraction of sp³-hybridized carbons (Fsp3) is 0.391. The average Bonchev–Trinajstić information content (AvgIpc) is 3.09. The fourth-order valence-electron chi connectivity index (χ4n) is 4.07. The highest BCUT2D eigenvalue weighted by molar-refractivity contribution is 7.88. The number of hydrogen-bond acceptors (Lipinski definition) is 5. The third-order valence-corrected chi connectivity index (χ3v) is 8.73. The molecule has 1 aliphatic heterocycles. The second kappa shape index (κ2) is 9.17. The number of amides is 1. The molecule has 1 N–H and O–H groups in total. The molecule has 9 heteroatoms. The molecule has 4 rings (SSSR count). The third-order valence-electron chi connectivity index (χ3n) is 5.94. The van der Waals surface area contributed by atoms with Crippen molar-refractivity contribution >= 4 is 43.2 Å². The predicted octanol–water partition coefficient (Wildman–Crippen LogP) is 3.57. The van der Waals surface area contributed by atoms with E-state index in [1.54, 1.807) is 10.6 Å². The Hall–Kier alpha value is -2.49. The second-order valence-corrected chi connectivity index (χ2v) is 11.2. The van der Waals surface area contributed by atoms with Crippen LogP contribution in [0.25, 0.3) is 10.2 Å². The van der Waals surface area contributed by atoms with E-state index in [0.717, 1.165) is 21.3 Å². The van der Waals surface area contributed by atoms with Gasteiger partial charge in [0, 0.05) is 31.2 Å². The topological polar surface area (TPSA) is 88.5 Å². The van der Waals surface area contributed by atoms with Crippen molar-refractivity contribution in [2.45, 2.75) is 39.0 Å². The van der Waals surface area contributed by atoms with E-state index >= 15 is 0 Å². The summed E-state index contributed by atoms with van der Waals surface area (Å²) in [5.41, 5.74) is 3.38. The summed E-state index contributed by atoms with van der Waals surface area (Å²) in [6.45, 7) is 5.18. The Labute approximate surface area is 191 Å². The number of anilines is 1. The maximum atomic E-state index is 12.8. The van der Waals surface area contributed by atoms with Gasteiger partial charge in [-0.2, -0.15) is 0 Å². The first-order chi connectivity index (χ1) is 15.3. The van der Waals surface area contributed by atoms with Crippen LogP contribution in [0.15, 0.2) is 47.3 Å². The average molecular weight is 474 g/mol. The standard InChI is InChI=1S/C23H27N3O4S2/c1-3-26-20-9-8-19(14-21(20)31-23(26)28)24-22(27)18-10-12-25(13-11-18)32(29,30)15-17-6-4-16(2)5-7-17/h4-9,14,18H,3,10-13,15H2,1-2H3,(H,24,27). The Bertz CT molecular complexity index is 1290. The number of rotatable bonds is 6. The lowest BCUT2D eigenvalue weighted by Crippen LogP contribution is -2.41. The van der Waals surface area contributed by atoms with Gasteiger partial charge in [0.05, 0.1) is 16.0 Å². The van der Waals surface area contributed by atoms with Gasteiger partial charge in [0.25, 0.3) is 0 Å². The number of nitrogens with zero attached hydrogens (tertiary/aromatic N) is 2. The summed E-state index contributed by atoms with van der Waals surface area (Å²) < 4.78 is 29.6. The highest BCUT2D eigenvalue weighted by Crippen LogP contribution is 2.25. The Morgan fingerprint density at radius 1 is 1.12 bits per heavy atom. The lowest BCUT2D eigenvalue weighted by molar-refractivity contribution is -0.120. The van der Waals surface area contributed by atoms with Gasteiger partial charge in [0.2, 0.25) is 15.9 Å². The summed E-state index contributed by atoms with van der Waals surface area (Å²) in [5.74, 6) is -0.373. The van der Waals surface area contributed by atoms with Crippen molar-refractivity contribution in [3.63, 3.8) is 0 Å². The van der Waals surface area contributed by atoms with Gasteiger partial charge in [-0.15, -0.1) is 0 Å². The third kappa shape index (κ3) is 4.79. The molecule has 1 saturated heterocycles. The van der Waals surface area contributed by atoms with Crippen LogP contribution in [0.4, 0.5) is 5.69 Å². The van der Waals surface area contributed by atoms with E-state index in [9.17, 15) is 18.0 Å². The van der Waals surface area contributed by atoms with Gasteiger partial charge in [0.1, 0.15) is 0 Å². The molecule has 0 saturated carbocycles. The first-order valence-corrected chi connectivity index (χ1v) is 13.2. The zero-order valence-corrected chi connectivity index (χ0v) is 19.8. The van der Waals surface area contributed by atoms with Gasteiger partial charge in [-0.25, -0.2) is 12.7 Å². The second-order valence-electron chi connectivity index (χ2n) is 8.20. The van der Waals surface area contributed by atoms with Crippen LogP contribution in [0.2, 0.25) is 0 Å². The normalized spacial score (nSPS) is 15.8. The molecule has 0 radical (unpaired) electrons. The predicted molar refractivity (Wildman–Crippen MR) is 128 cm³/mol. The van der Waals surface area contributed by atoms with E-state index in [4.69, 9.17) is 0 Å². The molecule has 1 aromatic heterocycles. The number of hydrogen-bond donors (Lipinski definition) is 1. The molecule has 170 valence electrons. The number of nitrogens with one attached hydrogen (secondary N) is 1. The van der Waals surface area contributed by atoms with Crippen LogP contribution in [0, 0.1) is 12.8 Å². The van der Waals surface area contributed by atoms with Gasteiger partial charge in [-0.3, -0.25) is 14.2 Å². The molecule has 0 spiro atoms. The Kier molecular flexibility index (Phi) is 6.50. The summed E-state index contributed by atoms with van der Waals surface area (Å²) in [6.07, 6.45) is 0.974. The molecule has 1 fully saturated rings. The highest BCUT2D eigenvalue weighted by Gasteiger charge is 2.31. The molecular formula is C23H27N3O4S2. The lowest BCUT2D eigenvalue weighted by Gasteiger charge is -2.30. The van der Waals surface area contributed by atoms with Crippen molar-refractivity contribution in [1.29, 1.82) is 0 Å². The van der Waals surface area contributed by atoms with E-state index in [1.807, 2.05) is 50.2 Å². The van der Waals surface area contributed by atoms with Crippen LogP contribution in [0.3, 0.4) is 0 Å². The number of carbonyl (C=O) groups excluding carboxylic acids is 1. The maximum Gasteiger partial charge on any atom is 0.308 e. The van der Waals surface area contributed by atoms with E-state index in [-0.39, 0.29) is 22.5 Å². The summed E-state index contributed by atoms with van der Waals surface area (Å²) >= 11 is 1.17. The van der Waals surface area contributed by atoms with Crippen LogP contribution in [-0.2, 0) is 27.1 Å². The van der Waals surface area contributed by atoms with Crippen molar-refractivity contribution in [2.75, 3.05) is 18.4 Å². The molecule has 7 nitrogen and oxygen atoms in total. The number of piperidine rings is 1. The maximum absolute atomic E-state index is 12.8. The van der Waals surface area contributed by atoms with Crippen molar-refractivity contribution in [3.05, 3.63) is 63.3 Å². The minimum Gasteiger partial charge on any atom is -0.326 e. The SMILES string of the molecule is CCn1c(=O)sc2cc(NC(=O)C3CCN(S(=O)(=O)Cc4ccc(C)cc4)CC3)ccc21. The van der Waals surface area contributed by atoms with Crippen LogP contribution in [0.1, 0.15) is 30.9 Å². The zero-order valence-electron chi connectivity index (χ0n) is 18.2. The van der Waals surface area contributed by atoms with Crippen molar-refractivity contribution in [1.82, 2.24) is 8.87 Å². The van der Waals surface area contributed by atoms with Crippen LogP contribution in [-0.4, -0.2) is 36.3 Å². The number of benzene rings is 2. The molecule has 0 aliphatic carbocycles. The lowest BCUT2D eigenvalue weighted by atomic mass is 9.97. The molecule has 0 unspecified atom stereocenters. The Balaban J connectivity index is 1.36. The number of thiazole rings is 1. The highest BCUT2D eigenvalue weighted by atomic mass is 32.2. The van der Waals surface area contributed by atoms with E-state index in [2.05, 4.69) is 5.32 Å². The van der Waals surface area contributed by atoms with Gasteiger partial charge in [-0.05, 0) is 50.5 Å². The van der Waals surface area contributed by atoms with Gasteiger partial charge in [0.15, 0.2) is 0 Å². The van der Waals surface area contributed by atoms with E-state index in [0.29, 0.717) is 38.2 Å². The first-order valence-electron chi connectivity index (χ1n) is 10.7. The number of sulfonamides is 1. The number of aryl methyl sites for hydroxylation is 2. The molecule has 1 amide bonds. The van der Waals surface area contributed by atoms with Gasteiger partial charge < -0.3 is 5.32 Å². The summed E-state index contributed by atoms with van der Waals surface area (Å²) in [6, 6.07) is 13.0. The summed E-state index contributed by atoms with van der Waals surface area (Å²) in [7, 11) is -3.41. The smallest absolute Gasteiger partial charge is 0.308 e. The van der Waals surface area contributed by atoms with Crippen molar-refractivity contribution < 1.29 is 13.2 Å². The van der Waals surface area contributed by atoms with Crippen molar-refractivity contribution in [2.24, 2.45) is 5.92 Å². The molecule has 3 aromatic rings. The van der Waals surface area contributed by atoms with Crippen LogP contribution >= 0.6 is 11.3 Å². The van der Waals surface area contributed by atoms with Gasteiger partial charge >= 0.3 is 4.87 Å². The van der Waals surface area contributed by atoms with Crippen molar-refractivity contribution in [3.8, 4) is 0 Å². The minimum atomic E-state index is -3.41. The molecule has 2 aromatic carbocycles. The number of fused-ring (bicyclic) bond motifs is 1. The number of carbonyl (C=O) groups is 1. The molecule has 1 aliphatic rings. The van der Waals surface area contributed by atoms with Crippen LogP contribution < -0.4 is 10.2 Å². The quantitative estimate of drug-likeness (QED) is 0.593. The number of aromatic nitrogens is 1. The zero-order chi connectivity index (χ0) is 22.9. The van der Waals surface area contributed by atoms with E-state index in [1.165, 1.54) is 15.6 Å². The van der Waals surface area contributed by atoms with E-state index < -0.39 is 10.0 Å².